The van der Waals surface area contributed by atoms with E-state index in [1.165, 1.54) is 6.07 Å². The number of halogens is 1. The van der Waals surface area contributed by atoms with Crippen LogP contribution < -0.4 is 15.8 Å². The molecular weight excluding hydrogens is 309 g/mol. The van der Waals surface area contributed by atoms with E-state index in [9.17, 15) is 17.6 Å². The molecule has 1 aromatic carbocycles. The SMILES string of the molecule is CCC(N)(CC)CNC(=O)c1ccc(F)c(NS(C)(=O)=O)c1. The summed E-state index contributed by atoms with van der Waals surface area (Å²) in [4.78, 5) is 12.1. The number of hydrogen-bond donors (Lipinski definition) is 3. The summed E-state index contributed by atoms with van der Waals surface area (Å²) in [7, 11) is -3.63. The molecule has 0 bridgehead atoms. The summed E-state index contributed by atoms with van der Waals surface area (Å²) in [5, 5.41) is 2.69. The molecule has 1 amide bonds. The number of nitrogens with one attached hydrogen (secondary N) is 2. The molecule has 1 rings (SSSR count). The van der Waals surface area contributed by atoms with Crippen LogP contribution in [0, 0.1) is 5.82 Å². The molecule has 0 radical (unpaired) electrons. The van der Waals surface area contributed by atoms with Crippen molar-refractivity contribution in [3.05, 3.63) is 29.6 Å². The monoisotopic (exact) mass is 331 g/mol. The van der Waals surface area contributed by atoms with Gasteiger partial charge in [-0.1, -0.05) is 13.8 Å². The van der Waals surface area contributed by atoms with Crippen molar-refractivity contribution < 1.29 is 17.6 Å². The van der Waals surface area contributed by atoms with Gasteiger partial charge in [-0.3, -0.25) is 9.52 Å². The minimum Gasteiger partial charge on any atom is -0.350 e. The molecule has 8 heteroatoms. The molecular formula is C14H22FN3O3S. The average Bonchev–Trinajstić information content (AvgIpc) is 2.45. The zero-order chi connectivity index (χ0) is 17.0. The first-order valence-corrected chi connectivity index (χ1v) is 8.84. The average molecular weight is 331 g/mol. The number of carbonyl (C=O) groups excluding carboxylic acids is 1. The molecule has 1 aromatic rings. The highest BCUT2D eigenvalue weighted by Gasteiger charge is 2.21. The Morgan fingerprint density at radius 1 is 1.32 bits per heavy atom. The number of anilines is 1. The molecule has 124 valence electrons. The summed E-state index contributed by atoms with van der Waals surface area (Å²) in [6, 6.07) is 3.48. The normalized spacial score (nSPS) is 12.0. The molecule has 0 aliphatic rings. The summed E-state index contributed by atoms with van der Waals surface area (Å²) in [5.41, 5.74) is 5.49. The van der Waals surface area contributed by atoms with E-state index in [4.69, 9.17) is 5.73 Å². The van der Waals surface area contributed by atoms with E-state index in [1.54, 1.807) is 0 Å². The third kappa shape index (κ3) is 5.27. The maximum atomic E-state index is 13.6. The maximum absolute atomic E-state index is 13.6. The quantitative estimate of drug-likeness (QED) is 0.704. The Hall–Kier alpha value is -1.67. The van der Waals surface area contributed by atoms with Gasteiger partial charge >= 0.3 is 0 Å². The molecule has 0 unspecified atom stereocenters. The Balaban J connectivity index is 2.89. The van der Waals surface area contributed by atoms with Crippen molar-refractivity contribution >= 4 is 21.6 Å². The molecule has 0 saturated carbocycles. The number of rotatable bonds is 7. The van der Waals surface area contributed by atoms with Gasteiger partial charge in [0.15, 0.2) is 0 Å². The van der Waals surface area contributed by atoms with Crippen LogP contribution in [0.3, 0.4) is 0 Å². The molecule has 0 spiro atoms. The third-order valence-electron chi connectivity index (χ3n) is 3.53. The van der Waals surface area contributed by atoms with Crippen LogP contribution >= 0.6 is 0 Å². The van der Waals surface area contributed by atoms with Gasteiger partial charge in [0, 0.05) is 17.6 Å². The van der Waals surface area contributed by atoms with Crippen LogP contribution in [0.4, 0.5) is 10.1 Å². The summed E-state index contributed by atoms with van der Waals surface area (Å²) >= 11 is 0. The van der Waals surface area contributed by atoms with Gasteiger partial charge in [-0.25, -0.2) is 12.8 Å². The van der Waals surface area contributed by atoms with Gasteiger partial charge in [-0.15, -0.1) is 0 Å². The number of amides is 1. The van der Waals surface area contributed by atoms with Crippen LogP contribution in [0.25, 0.3) is 0 Å². The Morgan fingerprint density at radius 2 is 1.91 bits per heavy atom. The van der Waals surface area contributed by atoms with Gasteiger partial charge in [0.25, 0.3) is 5.91 Å². The third-order valence-corrected chi connectivity index (χ3v) is 4.12. The number of sulfonamides is 1. The lowest BCUT2D eigenvalue weighted by molar-refractivity contribution is 0.0942. The Labute approximate surface area is 130 Å². The lowest BCUT2D eigenvalue weighted by Crippen LogP contribution is -2.49. The minimum absolute atomic E-state index is 0.155. The molecule has 0 heterocycles. The lowest BCUT2D eigenvalue weighted by Gasteiger charge is -2.26. The molecule has 0 aliphatic heterocycles. The maximum Gasteiger partial charge on any atom is 0.251 e. The van der Waals surface area contributed by atoms with Crippen molar-refractivity contribution in [2.75, 3.05) is 17.5 Å². The van der Waals surface area contributed by atoms with Gasteiger partial charge < -0.3 is 11.1 Å². The Morgan fingerprint density at radius 3 is 2.41 bits per heavy atom. The van der Waals surface area contributed by atoms with E-state index in [-0.39, 0.29) is 17.8 Å². The highest BCUT2D eigenvalue weighted by molar-refractivity contribution is 7.92. The van der Waals surface area contributed by atoms with Gasteiger partial charge in [0.05, 0.1) is 11.9 Å². The first kappa shape index (κ1) is 18.4. The molecule has 0 aliphatic carbocycles. The van der Waals surface area contributed by atoms with Gasteiger partial charge in [-0.2, -0.15) is 0 Å². The minimum atomic E-state index is -3.63. The molecule has 22 heavy (non-hydrogen) atoms. The zero-order valence-corrected chi connectivity index (χ0v) is 13.8. The number of nitrogens with two attached hydrogens (primary N) is 1. The predicted molar refractivity (Wildman–Crippen MR) is 84.7 cm³/mol. The molecule has 0 fully saturated rings. The summed E-state index contributed by atoms with van der Waals surface area (Å²) in [5.74, 6) is -1.19. The molecule has 6 nitrogen and oxygen atoms in total. The largest absolute Gasteiger partial charge is 0.350 e. The second kappa shape index (κ2) is 7.06. The topological polar surface area (TPSA) is 101 Å². The van der Waals surface area contributed by atoms with Crippen molar-refractivity contribution in [2.45, 2.75) is 32.2 Å². The summed E-state index contributed by atoms with van der Waals surface area (Å²) in [6.07, 6.45) is 2.31. The highest BCUT2D eigenvalue weighted by atomic mass is 32.2. The molecule has 0 atom stereocenters. The van der Waals surface area contributed by atoms with Crippen molar-refractivity contribution in [1.29, 1.82) is 0 Å². The standard InChI is InChI=1S/C14H22FN3O3S/c1-4-14(16,5-2)9-17-13(19)10-6-7-11(15)12(8-10)18-22(3,20)21/h6-8,18H,4-5,9,16H2,1-3H3,(H,17,19). The van der Waals surface area contributed by atoms with Gasteiger partial charge in [0.1, 0.15) is 5.82 Å². The van der Waals surface area contributed by atoms with E-state index in [0.717, 1.165) is 18.4 Å². The smallest absolute Gasteiger partial charge is 0.251 e. The summed E-state index contributed by atoms with van der Waals surface area (Å²) < 4.78 is 37.9. The number of carbonyl (C=O) groups is 1. The van der Waals surface area contributed by atoms with Crippen molar-refractivity contribution in [3.63, 3.8) is 0 Å². The number of hydrogen-bond acceptors (Lipinski definition) is 4. The fourth-order valence-corrected chi connectivity index (χ4v) is 2.36. The molecule has 0 aromatic heterocycles. The first-order chi connectivity index (χ1) is 10.1. The summed E-state index contributed by atoms with van der Waals surface area (Å²) in [6.45, 7) is 4.15. The van der Waals surface area contributed by atoms with Gasteiger partial charge in [-0.05, 0) is 31.0 Å². The van der Waals surface area contributed by atoms with E-state index in [1.807, 2.05) is 18.6 Å². The van der Waals surface area contributed by atoms with Crippen LogP contribution in [0.5, 0.6) is 0 Å². The second-order valence-electron chi connectivity index (χ2n) is 5.32. The molecule has 4 N–H and O–H groups in total. The van der Waals surface area contributed by atoms with Crippen LogP contribution in [0.2, 0.25) is 0 Å². The highest BCUT2D eigenvalue weighted by Crippen LogP contribution is 2.17. The first-order valence-electron chi connectivity index (χ1n) is 6.94. The fourth-order valence-electron chi connectivity index (χ4n) is 1.80. The Bertz CT molecular complexity index is 643. The van der Waals surface area contributed by atoms with Crippen molar-refractivity contribution in [2.24, 2.45) is 5.73 Å². The van der Waals surface area contributed by atoms with E-state index < -0.39 is 27.3 Å². The van der Waals surface area contributed by atoms with Gasteiger partial charge in [0.2, 0.25) is 10.0 Å². The predicted octanol–water partition coefficient (Wildman–Crippen LogP) is 1.44. The Kier molecular flexibility index (Phi) is 5.90. The second-order valence-corrected chi connectivity index (χ2v) is 7.07. The van der Waals surface area contributed by atoms with Crippen LogP contribution in [-0.2, 0) is 10.0 Å². The van der Waals surface area contributed by atoms with E-state index in [2.05, 4.69) is 5.32 Å². The van der Waals surface area contributed by atoms with E-state index >= 15 is 0 Å². The van der Waals surface area contributed by atoms with Crippen LogP contribution in [0.15, 0.2) is 18.2 Å². The van der Waals surface area contributed by atoms with Crippen LogP contribution in [0.1, 0.15) is 37.0 Å². The van der Waals surface area contributed by atoms with Crippen molar-refractivity contribution in [3.8, 4) is 0 Å². The molecule has 0 saturated heterocycles. The fraction of sp³-hybridized carbons (Fsp3) is 0.500. The number of benzene rings is 1. The van der Waals surface area contributed by atoms with Crippen molar-refractivity contribution in [1.82, 2.24) is 5.32 Å². The van der Waals surface area contributed by atoms with E-state index in [0.29, 0.717) is 12.8 Å². The van der Waals surface area contributed by atoms with Crippen LogP contribution in [-0.4, -0.2) is 32.7 Å². The lowest BCUT2D eigenvalue weighted by atomic mass is 9.94. The zero-order valence-electron chi connectivity index (χ0n) is 12.9.